The second-order valence-electron chi connectivity index (χ2n) is 4.11. The zero-order valence-corrected chi connectivity index (χ0v) is 9.34. The van der Waals surface area contributed by atoms with E-state index in [4.69, 9.17) is 6.42 Å². The van der Waals surface area contributed by atoms with Gasteiger partial charge in [-0.3, -0.25) is 4.79 Å². The quantitative estimate of drug-likeness (QED) is 0.712. The molecule has 0 aliphatic heterocycles. The first-order valence-corrected chi connectivity index (χ1v) is 5.46. The third kappa shape index (κ3) is 2.08. The van der Waals surface area contributed by atoms with Gasteiger partial charge in [0.05, 0.1) is 12.2 Å². The number of rotatable bonds is 2. The summed E-state index contributed by atoms with van der Waals surface area (Å²) in [5, 5.41) is 2.73. The number of terminal acetylenes is 1. The molecule has 0 fully saturated rings. The van der Waals surface area contributed by atoms with Gasteiger partial charge in [0, 0.05) is 18.0 Å². The summed E-state index contributed by atoms with van der Waals surface area (Å²) in [5.41, 5.74) is 2.21. The van der Waals surface area contributed by atoms with Crippen LogP contribution in [-0.2, 0) is 17.6 Å². The Bertz CT molecular complexity index is 442. The Morgan fingerprint density at radius 1 is 1.75 bits per heavy atom. The highest BCUT2D eigenvalue weighted by atomic mass is 16.1. The Morgan fingerprint density at radius 2 is 2.56 bits per heavy atom. The molecule has 2 N–H and O–H groups in total. The lowest BCUT2D eigenvalue weighted by molar-refractivity contribution is -0.125. The van der Waals surface area contributed by atoms with Gasteiger partial charge in [0.2, 0.25) is 5.91 Å². The van der Waals surface area contributed by atoms with Gasteiger partial charge >= 0.3 is 0 Å². The van der Waals surface area contributed by atoms with Crippen molar-refractivity contribution in [3.8, 4) is 12.3 Å². The molecule has 1 aliphatic carbocycles. The summed E-state index contributed by atoms with van der Waals surface area (Å²) in [7, 11) is 0. The van der Waals surface area contributed by atoms with E-state index in [0.29, 0.717) is 6.54 Å². The normalized spacial score (nSPS) is 18.6. The monoisotopic (exact) mass is 217 g/mol. The van der Waals surface area contributed by atoms with Gasteiger partial charge in [-0.05, 0) is 19.8 Å². The fourth-order valence-corrected chi connectivity index (χ4v) is 2.13. The number of imidazole rings is 1. The first-order chi connectivity index (χ1) is 7.70. The van der Waals surface area contributed by atoms with Crippen molar-refractivity contribution in [2.75, 3.05) is 6.54 Å². The highest BCUT2D eigenvalue weighted by molar-refractivity contribution is 5.79. The molecule has 84 valence electrons. The third-order valence-electron chi connectivity index (χ3n) is 2.90. The number of aryl methyl sites for hydroxylation is 2. The van der Waals surface area contributed by atoms with Gasteiger partial charge in [-0.25, -0.2) is 4.98 Å². The molecule has 4 nitrogen and oxygen atoms in total. The maximum Gasteiger partial charge on any atom is 0.224 e. The molecule has 0 radical (unpaired) electrons. The maximum atomic E-state index is 11.7. The number of nitrogens with zero attached hydrogens (tertiary/aromatic N) is 1. The van der Waals surface area contributed by atoms with E-state index in [2.05, 4.69) is 21.2 Å². The molecular formula is C12H15N3O. The third-order valence-corrected chi connectivity index (χ3v) is 2.90. The smallest absolute Gasteiger partial charge is 0.224 e. The second kappa shape index (κ2) is 4.40. The molecule has 1 amide bonds. The Morgan fingerprint density at radius 3 is 3.31 bits per heavy atom. The van der Waals surface area contributed by atoms with E-state index >= 15 is 0 Å². The topological polar surface area (TPSA) is 57.8 Å². The number of aromatic nitrogens is 2. The van der Waals surface area contributed by atoms with E-state index in [-0.39, 0.29) is 11.8 Å². The van der Waals surface area contributed by atoms with Crippen molar-refractivity contribution in [2.45, 2.75) is 26.2 Å². The fraction of sp³-hybridized carbons (Fsp3) is 0.500. The van der Waals surface area contributed by atoms with Gasteiger partial charge in [0.15, 0.2) is 0 Å². The van der Waals surface area contributed by atoms with E-state index in [1.54, 1.807) is 0 Å². The number of carbonyl (C=O) groups is 1. The average Bonchev–Trinajstić information content (AvgIpc) is 2.64. The Hall–Kier alpha value is -1.76. The minimum Gasteiger partial charge on any atom is -0.346 e. The summed E-state index contributed by atoms with van der Waals surface area (Å²) in [6.45, 7) is 2.25. The summed E-state index contributed by atoms with van der Waals surface area (Å²) in [6, 6.07) is 0. The molecule has 2 rings (SSSR count). The summed E-state index contributed by atoms with van der Waals surface area (Å²) in [6.07, 6.45) is 7.57. The zero-order valence-electron chi connectivity index (χ0n) is 9.34. The number of aromatic amines is 1. The number of carbonyl (C=O) groups excluding carboxylic acids is 1. The van der Waals surface area contributed by atoms with Crippen molar-refractivity contribution in [1.82, 2.24) is 15.3 Å². The van der Waals surface area contributed by atoms with Crippen molar-refractivity contribution in [2.24, 2.45) is 5.92 Å². The number of amides is 1. The van der Waals surface area contributed by atoms with E-state index in [1.807, 2.05) is 6.92 Å². The van der Waals surface area contributed by atoms with Crippen LogP contribution in [0.3, 0.4) is 0 Å². The summed E-state index contributed by atoms with van der Waals surface area (Å²) in [5.74, 6) is 3.41. The number of fused-ring (bicyclic) bond motifs is 1. The van der Waals surface area contributed by atoms with Gasteiger partial charge in [0.1, 0.15) is 5.82 Å². The largest absolute Gasteiger partial charge is 0.346 e. The number of H-pyrrole nitrogens is 1. The van der Waals surface area contributed by atoms with Gasteiger partial charge in [-0.1, -0.05) is 5.92 Å². The van der Waals surface area contributed by atoms with Crippen LogP contribution in [0.4, 0.5) is 0 Å². The molecule has 0 saturated carbocycles. The van der Waals surface area contributed by atoms with E-state index in [9.17, 15) is 4.79 Å². The van der Waals surface area contributed by atoms with Crippen molar-refractivity contribution >= 4 is 5.91 Å². The molecule has 0 bridgehead atoms. The molecular weight excluding hydrogens is 202 g/mol. The number of hydrogen-bond donors (Lipinski definition) is 2. The SMILES string of the molecule is C#CCNC(=O)C1CCc2nc(C)[nH]c2C1. The summed E-state index contributed by atoms with van der Waals surface area (Å²) in [4.78, 5) is 19.3. The van der Waals surface area contributed by atoms with Crippen molar-refractivity contribution < 1.29 is 4.79 Å². The van der Waals surface area contributed by atoms with Gasteiger partial charge in [-0.15, -0.1) is 6.42 Å². The second-order valence-corrected chi connectivity index (χ2v) is 4.11. The molecule has 0 aromatic carbocycles. The van der Waals surface area contributed by atoms with Crippen LogP contribution in [0.25, 0.3) is 0 Å². The molecule has 1 atom stereocenters. The molecule has 1 heterocycles. The fourth-order valence-electron chi connectivity index (χ4n) is 2.13. The van der Waals surface area contributed by atoms with Crippen LogP contribution in [0.2, 0.25) is 0 Å². The lowest BCUT2D eigenvalue weighted by atomic mass is 9.89. The molecule has 0 saturated heterocycles. The van der Waals surface area contributed by atoms with E-state index in [1.165, 1.54) is 0 Å². The molecule has 0 spiro atoms. The predicted molar refractivity (Wildman–Crippen MR) is 60.7 cm³/mol. The molecule has 16 heavy (non-hydrogen) atoms. The van der Waals surface area contributed by atoms with Crippen LogP contribution in [-0.4, -0.2) is 22.4 Å². The lowest BCUT2D eigenvalue weighted by Crippen LogP contribution is -2.34. The highest BCUT2D eigenvalue weighted by Crippen LogP contribution is 2.23. The standard InChI is InChI=1S/C12H15N3O/c1-3-6-13-12(16)9-4-5-10-11(7-9)15-8(2)14-10/h1,9H,4-7H2,2H3,(H,13,16)(H,14,15). The molecule has 1 aromatic rings. The molecule has 1 aromatic heterocycles. The Labute approximate surface area is 94.8 Å². The first-order valence-electron chi connectivity index (χ1n) is 5.46. The minimum atomic E-state index is 0.0284. The van der Waals surface area contributed by atoms with Crippen LogP contribution in [0, 0.1) is 25.2 Å². The number of hydrogen-bond acceptors (Lipinski definition) is 2. The van der Waals surface area contributed by atoms with Crippen LogP contribution in [0.1, 0.15) is 23.6 Å². The van der Waals surface area contributed by atoms with E-state index in [0.717, 1.165) is 36.5 Å². The van der Waals surface area contributed by atoms with Crippen molar-refractivity contribution in [3.63, 3.8) is 0 Å². The van der Waals surface area contributed by atoms with Crippen LogP contribution >= 0.6 is 0 Å². The molecule has 1 unspecified atom stereocenters. The van der Waals surface area contributed by atoms with Gasteiger partial charge in [0.25, 0.3) is 0 Å². The van der Waals surface area contributed by atoms with Crippen molar-refractivity contribution in [1.29, 1.82) is 0 Å². The molecule has 1 aliphatic rings. The highest BCUT2D eigenvalue weighted by Gasteiger charge is 2.26. The maximum absolute atomic E-state index is 11.7. The van der Waals surface area contributed by atoms with Gasteiger partial charge < -0.3 is 10.3 Å². The Balaban J connectivity index is 2.02. The number of nitrogens with one attached hydrogen (secondary N) is 2. The average molecular weight is 217 g/mol. The van der Waals surface area contributed by atoms with Gasteiger partial charge in [-0.2, -0.15) is 0 Å². The first kappa shape index (κ1) is 10.7. The predicted octanol–water partition coefficient (Wildman–Crippen LogP) is 0.572. The van der Waals surface area contributed by atoms with Crippen molar-refractivity contribution in [3.05, 3.63) is 17.2 Å². The lowest BCUT2D eigenvalue weighted by Gasteiger charge is -2.19. The summed E-state index contributed by atoms with van der Waals surface area (Å²) < 4.78 is 0. The Kier molecular flexibility index (Phi) is 2.95. The minimum absolute atomic E-state index is 0.0284. The molecule has 4 heteroatoms. The summed E-state index contributed by atoms with van der Waals surface area (Å²) >= 11 is 0. The zero-order chi connectivity index (χ0) is 11.5. The van der Waals surface area contributed by atoms with Crippen LogP contribution < -0.4 is 5.32 Å². The van der Waals surface area contributed by atoms with E-state index < -0.39 is 0 Å². The van der Waals surface area contributed by atoms with Crippen LogP contribution in [0.15, 0.2) is 0 Å². The van der Waals surface area contributed by atoms with Crippen LogP contribution in [0.5, 0.6) is 0 Å².